The number of carbonyl (C=O) groups is 4. The van der Waals surface area contributed by atoms with Gasteiger partial charge in [-0.1, -0.05) is 60.9 Å². The van der Waals surface area contributed by atoms with Crippen molar-refractivity contribution in [3.8, 4) is 17.0 Å². The molecular weight excluding hydrogens is 810 g/mol. The maximum Gasteiger partial charge on any atom is 0.408 e. The van der Waals surface area contributed by atoms with Gasteiger partial charge in [0.15, 0.2) is 11.3 Å². The Bertz CT molecular complexity index is 2460. The van der Waals surface area contributed by atoms with Gasteiger partial charge in [0.1, 0.15) is 40.9 Å². The van der Waals surface area contributed by atoms with Crippen LogP contribution in [-0.4, -0.2) is 83.7 Å². The van der Waals surface area contributed by atoms with Gasteiger partial charge in [0.05, 0.1) is 17.5 Å². The number of nitrogens with zero attached hydrogens (tertiary/aromatic N) is 2. The number of halogens is 1. The number of carbonyl (C=O) groups excluding carboxylic acids is 4. The fourth-order valence-corrected chi connectivity index (χ4v) is 10.4. The van der Waals surface area contributed by atoms with E-state index in [1.807, 2.05) is 48.6 Å². The minimum absolute atomic E-state index is 0.0235. The number of hydrogen-bond donors (Lipinski definition) is 3. The quantitative estimate of drug-likeness (QED) is 0.161. The molecule has 1 saturated heterocycles. The Morgan fingerprint density at radius 1 is 0.950 bits per heavy atom. The Labute approximate surface area is 352 Å². The van der Waals surface area contributed by atoms with Crippen LogP contribution < -0.4 is 20.1 Å². The van der Waals surface area contributed by atoms with Crippen LogP contribution in [0.1, 0.15) is 83.5 Å². The van der Waals surface area contributed by atoms with E-state index >= 15 is 0 Å². The molecule has 0 unspecified atom stereocenters. The highest BCUT2D eigenvalue weighted by atomic mass is 35.5. The van der Waals surface area contributed by atoms with Crippen molar-refractivity contribution in [2.24, 2.45) is 5.92 Å². The summed E-state index contributed by atoms with van der Waals surface area (Å²) in [6, 6.07) is 14.4. The number of amides is 4. The van der Waals surface area contributed by atoms with Crippen LogP contribution in [0, 0.1) is 5.92 Å². The monoisotopic (exact) mass is 857 g/mol. The first-order valence-corrected chi connectivity index (χ1v) is 23.0. The van der Waals surface area contributed by atoms with Gasteiger partial charge in [-0.25, -0.2) is 18.2 Å². The SMILES string of the molecule is O=C(N[C@H]1CCCCCC=C[C@@H]2C[C@@]2(C(=O)NS(=O)(=O)C2CC2)NC(=O)[C@@H]2C[C@@H](Oc3cc(-c4ccc(Cl)cc4)nc4c3oc3ccccc34)CN2C1=O)OC1CCCC1. The Hall–Kier alpha value is -5.15. The summed E-state index contributed by atoms with van der Waals surface area (Å²) in [5.41, 5.74) is 1.42. The molecule has 2 aromatic carbocycles. The lowest BCUT2D eigenvalue weighted by Crippen LogP contribution is -2.58. The number of ether oxygens (including phenoxy) is 2. The van der Waals surface area contributed by atoms with E-state index in [1.165, 1.54) is 4.90 Å². The van der Waals surface area contributed by atoms with Crippen molar-refractivity contribution >= 4 is 67.5 Å². The van der Waals surface area contributed by atoms with E-state index in [4.69, 9.17) is 30.5 Å². The van der Waals surface area contributed by atoms with Crippen molar-refractivity contribution < 1.29 is 41.5 Å². The Morgan fingerprint density at radius 2 is 1.72 bits per heavy atom. The normalized spacial score (nSPS) is 26.4. The topological polar surface area (TPSA) is 186 Å². The van der Waals surface area contributed by atoms with E-state index in [9.17, 15) is 27.6 Å². The number of pyridine rings is 1. The number of rotatable bonds is 8. The fraction of sp³-hybridized carbons (Fsp3) is 0.477. The van der Waals surface area contributed by atoms with Crippen molar-refractivity contribution in [3.63, 3.8) is 0 Å². The maximum atomic E-state index is 14.8. The summed E-state index contributed by atoms with van der Waals surface area (Å²) in [6.07, 6.45) is 9.99. The Balaban J connectivity index is 1.05. The number of aromatic nitrogens is 1. The fourth-order valence-electron chi connectivity index (χ4n) is 8.87. The molecule has 316 valence electrons. The average molecular weight is 858 g/mol. The Morgan fingerprint density at radius 3 is 2.50 bits per heavy atom. The summed E-state index contributed by atoms with van der Waals surface area (Å²) in [6.45, 7) is -0.0360. The minimum atomic E-state index is -3.91. The van der Waals surface area contributed by atoms with E-state index in [0.717, 1.165) is 49.5 Å². The molecular formula is C44H48ClN5O9S. The van der Waals surface area contributed by atoms with Crippen LogP contribution in [0.3, 0.4) is 0 Å². The van der Waals surface area contributed by atoms with Crippen LogP contribution in [-0.2, 0) is 29.1 Å². The number of sulfonamides is 1. The second-order valence-corrected chi connectivity index (χ2v) is 19.2. The van der Waals surface area contributed by atoms with Crippen molar-refractivity contribution in [2.75, 3.05) is 6.54 Å². The lowest BCUT2D eigenvalue weighted by Gasteiger charge is -2.30. The van der Waals surface area contributed by atoms with E-state index in [1.54, 1.807) is 18.2 Å². The van der Waals surface area contributed by atoms with Crippen LogP contribution in [0.4, 0.5) is 4.79 Å². The van der Waals surface area contributed by atoms with E-state index in [-0.39, 0.29) is 25.5 Å². The molecule has 16 heteroatoms. The zero-order valence-corrected chi connectivity index (χ0v) is 34.6. The van der Waals surface area contributed by atoms with Crippen LogP contribution in [0.25, 0.3) is 33.3 Å². The highest BCUT2D eigenvalue weighted by Crippen LogP contribution is 2.46. The molecule has 4 amide bonds. The van der Waals surface area contributed by atoms with Crippen molar-refractivity contribution in [3.05, 3.63) is 71.8 Å². The number of hydrogen-bond acceptors (Lipinski definition) is 10. The first-order valence-electron chi connectivity index (χ1n) is 21.0. The summed E-state index contributed by atoms with van der Waals surface area (Å²) < 4.78 is 46.9. The standard InChI is InChI=1S/C44H48ClN5O9S/c45-28-18-16-26(17-19-28)34-23-37(39-38(46-34)32-13-8-9-15-36(32)59-39)57-30-22-35-40(51)48-44(42(53)49-60(55,56)31-20-21-31)24-27(44)10-4-2-1-3-5-14-33(41(52)50(35)25-30)47-43(54)58-29-11-6-7-12-29/h4,8-10,13,15-19,23,27,29-31,33,35H,1-3,5-7,11-12,14,20-22,24-25H2,(H,47,54)(H,48,51)(H,49,53)/t27-,30-,33+,35+,44-/m1/s1. The van der Waals surface area contributed by atoms with Gasteiger partial charge >= 0.3 is 6.09 Å². The van der Waals surface area contributed by atoms with E-state index in [0.29, 0.717) is 65.3 Å². The molecule has 5 atom stereocenters. The number of benzene rings is 2. The third-order valence-electron chi connectivity index (χ3n) is 12.4. The summed E-state index contributed by atoms with van der Waals surface area (Å²) in [7, 11) is -3.91. The number of allylic oxidation sites excluding steroid dienone is 1. The molecule has 2 aliphatic heterocycles. The second-order valence-electron chi connectivity index (χ2n) is 16.8. The molecule has 14 nitrogen and oxygen atoms in total. The maximum absolute atomic E-state index is 14.8. The predicted molar refractivity (Wildman–Crippen MR) is 223 cm³/mol. The lowest BCUT2D eigenvalue weighted by atomic mass is 10.0. The molecule has 9 rings (SSSR count). The van der Waals surface area contributed by atoms with Crippen molar-refractivity contribution in [1.82, 2.24) is 25.2 Å². The van der Waals surface area contributed by atoms with Crippen LogP contribution in [0.15, 0.2) is 71.2 Å². The van der Waals surface area contributed by atoms with Gasteiger partial charge in [-0.05, 0) is 88.5 Å². The third kappa shape index (κ3) is 8.30. The number of furan rings is 1. The van der Waals surface area contributed by atoms with Crippen molar-refractivity contribution in [2.45, 2.75) is 119 Å². The van der Waals surface area contributed by atoms with Crippen LogP contribution in [0.2, 0.25) is 5.02 Å². The summed E-state index contributed by atoms with van der Waals surface area (Å²) >= 11 is 6.22. The van der Waals surface area contributed by atoms with E-state index < -0.39 is 68.7 Å². The highest BCUT2D eigenvalue weighted by Gasteiger charge is 2.62. The van der Waals surface area contributed by atoms with Crippen LogP contribution >= 0.6 is 11.6 Å². The summed E-state index contributed by atoms with van der Waals surface area (Å²) in [5.74, 6) is -1.99. The first kappa shape index (κ1) is 40.3. The molecule has 4 fully saturated rings. The van der Waals surface area contributed by atoms with Gasteiger partial charge < -0.3 is 29.4 Å². The highest BCUT2D eigenvalue weighted by molar-refractivity contribution is 7.91. The first-order chi connectivity index (χ1) is 29.0. The molecule has 0 spiro atoms. The number of alkyl carbamates (subject to hydrolysis) is 1. The second kappa shape index (κ2) is 16.4. The molecule has 4 heterocycles. The predicted octanol–water partition coefficient (Wildman–Crippen LogP) is 6.69. The molecule has 5 aliphatic rings. The van der Waals surface area contributed by atoms with Gasteiger partial charge in [0.25, 0.3) is 5.91 Å². The number of nitrogens with one attached hydrogen (secondary N) is 3. The lowest BCUT2D eigenvalue weighted by molar-refractivity contribution is -0.141. The molecule has 0 radical (unpaired) electrons. The average Bonchev–Trinajstić information content (AvgIpc) is 4.04. The molecule has 2 aromatic heterocycles. The zero-order chi connectivity index (χ0) is 41.6. The van der Waals surface area contributed by atoms with E-state index in [2.05, 4.69) is 15.4 Å². The van der Waals surface area contributed by atoms with Gasteiger partial charge in [-0.15, -0.1) is 0 Å². The van der Waals surface area contributed by atoms with Gasteiger partial charge in [0, 0.05) is 34.4 Å². The largest absolute Gasteiger partial charge is 0.484 e. The van der Waals surface area contributed by atoms with Crippen molar-refractivity contribution in [1.29, 1.82) is 0 Å². The van der Waals surface area contributed by atoms with Gasteiger partial charge in [-0.2, -0.15) is 0 Å². The minimum Gasteiger partial charge on any atom is -0.484 e. The smallest absolute Gasteiger partial charge is 0.408 e. The third-order valence-corrected chi connectivity index (χ3v) is 14.5. The summed E-state index contributed by atoms with van der Waals surface area (Å²) in [5, 5.41) is 6.45. The van der Waals surface area contributed by atoms with Gasteiger partial charge in [0.2, 0.25) is 21.8 Å². The molecule has 3 saturated carbocycles. The van der Waals surface area contributed by atoms with Gasteiger partial charge in [-0.3, -0.25) is 19.1 Å². The van der Waals surface area contributed by atoms with Crippen LogP contribution in [0.5, 0.6) is 5.75 Å². The number of fused-ring (bicyclic) bond motifs is 5. The Kier molecular flexibility index (Phi) is 11.0. The molecule has 60 heavy (non-hydrogen) atoms. The summed E-state index contributed by atoms with van der Waals surface area (Å²) in [4.78, 5) is 62.9. The zero-order valence-electron chi connectivity index (χ0n) is 33.1. The molecule has 0 bridgehead atoms. The molecule has 3 aliphatic carbocycles. The number of para-hydroxylation sites is 1. The molecule has 4 aromatic rings. The molecule has 3 N–H and O–H groups in total.